The number of aryl methyl sites for hydroxylation is 1. The van der Waals surface area contributed by atoms with E-state index in [2.05, 4.69) is 43.0 Å². The smallest absolute Gasteiger partial charge is 0.0503 e. The Morgan fingerprint density at radius 3 is 2.80 bits per heavy atom. The number of rotatable bonds is 6. The number of hydrogen-bond donors (Lipinski definition) is 1. The predicted molar refractivity (Wildman–Crippen MR) is 83.7 cm³/mol. The zero-order valence-corrected chi connectivity index (χ0v) is 13.0. The number of hydrogen-bond acceptors (Lipinski definition) is 3. The van der Waals surface area contributed by atoms with E-state index in [9.17, 15) is 0 Å². The highest BCUT2D eigenvalue weighted by atomic mass is 16.5. The second-order valence-corrected chi connectivity index (χ2v) is 5.98. The lowest BCUT2D eigenvalue weighted by Crippen LogP contribution is -2.40. The fourth-order valence-corrected chi connectivity index (χ4v) is 3.33. The van der Waals surface area contributed by atoms with Crippen LogP contribution in [0.4, 0.5) is 0 Å². The highest BCUT2D eigenvalue weighted by Crippen LogP contribution is 2.32. The highest BCUT2D eigenvalue weighted by molar-refractivity contribution is 5.30. The molecule has 1 aliphatic rings. The fourth-order valence-electron chi connectivity index (χ4n) is 3.33. The number of methoxy groups -OCH3 is 1. The summed E-state index contributed by atoms with van der Waals surface area (Å²) in [7, 11) is 1.79. The molecule has 0 bridgehead atoms. The summed E-state index contributed by atoms with van der Waals surface area (Å²) in [5, 5.41) is 0. The molecule has 2 N–H and O–H groups in total. The molecule has 20 heavy (non-hydrogen) atoms. The molecule has 0 aliphatic carbocycles. The van der Waals surface area contributed by atoms with E-state index in [1.165, 1.54) is 17.5 Å². The fraction of sp³-hybridized carbons (Fsp3) is 0.647. The zero-order valence-electron chi connectivity index (χ0n) is 13.0. The molecular formula is C17H28N2O. The van der Waals surface area contributed by atoms with Gasteiger partial charge in [-0.25, -0.2) is 0 Å². The van der Waals surface area contributed by atoms with E-state index in [1.807, 2.05) is 0 Å². The van der Waals surface area contributed by atoms with Crippen LogP contribution in [0.3, 0.4) is 0 Å². The van der Waals surface area contributed by atoms with Gasteiger partial charge in [-0.15, -0.1) is 0 Å². The van der Waals surface area contributed by atoms with Gasteiger partial charge in [-0.1, -0.05) is 31.2 Å². The number of benzene rings is 1. The SMILES string of the molecule is CCC(N)C(c1ccccc1C)N1CCC(COC)C1. The van der Waals surface area contributed by atoms with E-state index < -0.39 is 0 Å². The summed E-state index contributed by atoms with van der Waals surface area (Å²) < 4.78 is 5.31. The number of nitrogens with zero attached hydrogens (tertiary/aromatic N) is 1. The van der Waals surface area contributed by atoms with E-state index in [4.69, 9.17) is 10.5 Å². The summed E-state index contributed by atoms with van der Waals surface area (Å²) in [6.45, 7) is 7.45. The molecule has 1 saturated heterocycles. The number of likely N-dealkylation sites (tertiary alicyclic amines) is 1. The molecule has 0 amide bonds. The van der Waals surface area contributed by atoms with Gasteiger partial charge >= 0.3 is 0 Å². The molecule has 1 aromatic carbocycles. The van der Waals surface area contributed by atoms with Crippen LogP contribution in [0.5, 0.6) is 0 Å². The Bertz CT molecular complexity index is 421. The average molecular weight is 276 g/mol. The van der Waals surface area contributed by atoms with E-state index in [0.29, 0.717) is 12.0 Å². The lowest BCUT2D eigenvalue weighted by atomic mass is 9.93. The summed E-state index contributed by atoms with van der Waals surface area (Å²) in [6.07, 6.45) is 2.22. The van der Waals surface area contributed by atoms with Gasteiger partial charge < -0.3 is 10.5 Å². The molecule has 1 aliphatic heterocycles. The Labute approximate surface area is 123 Å². The van der Waals surface area contributed by atoms with Crippen LogP contribution in [-0.4, -0.2) is 37.7 Å². The van der Waals surface area contributed by atoms with Crippen LogP contribution in [0.25, 0.3) is 0 Å². The van der Waals surface area contributed by atoms with Gasteiger partial charge in [-0.05, 0) is 43.4 Å². The minimum Gasteiger partial charge on any atom is -0.384 e. The van der Waals surface area contributed by atoms with Crippen molar-refractivity contribution in [2.45, 2.75) is 38.8 Å². The summed E-state index contributed by atoms with van der Waals surface area (Å²) in [4.78, 5) is 2.56. The van der Waals surface area contributed by atoms with Crippen molar-refractivity contribution < 1.29 is 4.74 Å². The maximum Gasteiger partial charge on any atom is 0.0503 e. The van der Waals surface area contributed by atoms with E-state index in [0.717, 1.165) is 26.1 Å². The Kier molecular flexibility index (Phi) is 5.58. The van der Waals surface area contributed by atoms with Crippen molar-refractivity contribution in [2.75, 3.05) is 26.8 Å². The first-order valence-corrected chi connectivity index (χ1v) is 7.71. The van der Waals surface area contributed by atoms with Gasteiger partial charge in [-0.3, -0.25) is 4.90 Å². The molecule has 0 saturated carbocycles. The van der Waals surface area contributed by atoms with Crippen LogP contribution in [-0.2, 0) is 4.74 Å². The van der Waals surface area contributed by atoms with Gasteiger partial charge in [0, 0.05) is 19.7 Å². The molecule has 0 radical (unpaired) electrons. The highest BCUT2D eigenvalue weighted by Gasteiger charge is 2.32. The van der Waals surface area contributed by atoms with Crippen LogP contribution >= 0.6 is 0 Å². The zero-order chi connectivity index (χ0) is 14.5. The molecule has 3 nitrogen and oxygen atoms in total. The van der Waals surface area contributed by atoms with Gasteiger partial charge in [0.15, 0.2) is 0 Å². The molecule has 1 aromatic rings. The largest absolute Gasteiger partial charge is 0.384 e. The maximum absolute atomic E-state index is 6.44. The molecule has 112 valence electrons. The number of ether oxygens (including phenoxy) is 1. The third-order valence-electron chi connectivity index (χ3n) is 4.50. The third-order valence-corrected chi connectivity index (χ3v) is 4.50. The topological polar surface area (TPSA) is 38.5 Å². The van der Waals surface area contributed by atoms with Crippen LogP contribution < -0.4 is 5.73 Å². The van der Waals surface area contributed by atoms with Gasteiger partial charge in [-0.2, -0.15) is 0 Å². The number of nitrogens with two attached hydrogens (primary N) is 1. The molecule has 3 unspecified atom stereocenters. The minimum absolute atomic E-state index is 0.192. The lowest BCUT2D eigenvalue weighted by molar-refractivity contribution is 0.142. The Morgan fingerprint density at radius 2 is 2.15 bits per heavy atom. The van der Waals surface area contributed by atoms with Crippen molar-refractivity contribution in [3.05, 3.63) is 35.4 Å². The summed E-state index contributed by atoms with van der Waals surface area (Å²) in [5.41, 5.74) is 9.18. The van der Waals surface area contributed by atoms with Crippen molar-refractivity contribution in [3.63, 3.8) is 0 Å². The van der Waals surface area contributed by atoms with Gasteiger partial charge in [0.25, 0.3) is 0 Å². The van der Waals surface area contributed by atoms with Crippen LogP contribution in [0, 0.1) is 12.8 Å². The van der Waals surface area contributed by atoms with Crippen LogP contribution in [0.1, 0.15) is 36.9 Å². The van der Waals surface area contributed by atoms with Crippen LogP contribution in [0.15, 0.2) is 24.3 Å². The lowest BCUT2D eigenvalue weighted by Gasteiger charge is -2.33. The van der Waals surface area contributed by atoms with Crippen molar-refractivity contribution in [1.82, 2.24) is 4.90 Å². The van der Waals surface area contributed by atoms with Crippen molar-refractivity contribution >= 4 is 0 Å². The van der Waals surface area contributed by atoms with E-state index in [-0.39, 0.29) is 6.04 Å². The van der Waals surface area contributed by atoms with E-state index in [1.54, 1.807) is 7.11 Å². The summed E-state index contributed by atoms with van der Waals surface area (Å²) in [6, 6.07) is 9.18. The third kappa shape index (κ3) is 3.40. The Hall–Kier alpha value is -0.900. The second-order valence-electron chi connectivity index (χ2n) is 5.98. The first-order valence-electron chi connectivity index (χ1n) is 7.71. The normalized spacial score (nSPS) is 22.9. The maximum atomic E-state index is 6.44. The Morgan fingerprint density at radius 1 is 1.40 bits per heavy atom. The average Bonchev–Trinajstić information content (AvgIpc) is 2.90. The molecule has 3 atom stereocenters. The molecule has 1 heterocycles. The van der Waals surface area contributed by atoms with Gasteiger partial charge in [0.05, 0.1) is 12.6 Å². The van der Waals surface area contributed by atoms with Crippen molar-refractivity contribution in [1.29, 1.82) is 0 Å². The van der Waals surface area contributed by atoms with Crippen LogP contribution in [0.2, 0.25) is 0 Å². The standard InChI is InChI=1S/C17H28N2O/c1-4-16(18)17(15-8-6-5-7-13(15)2)19-10-9-14(11-19)12-20-3/h5-8,14,16-17H,4,9-12,18H2,1-3H3. The predicted octanol–water partition coefficient (Wildman–Crippen LogP) is 2.74. The van der Waals surface area contributed by atoms with Gasteiger partial charge in [0.1, 0.15) is 0 Å². The summed E-state index contributed by atoms with van der Waals surface area (Å²) >= 11 is 0. The van der Waals surface area contributed by atoms with Gasteiger partial charge in [0.2, 0.25) is 0 Å². The summed E-state index contributed by atoms with van der Waals surface area (Å²) in [5.74, 6) is 0.649. The minimum atomic E-state index is 0.192. The second kappa shape index (κ2) is 7.21. The van der Waals surface area contributed by atoms with Crippen molar-refractivity contribution in [3.8, 4) is 0 Å². The molecule has 1 fully saturated rings. The first-order chi connectivity index (χ1) is 9.67. The quantitative estimate of drug-likeness (QED) is 0.868. The monoisotopic (exact) mass is 276 g/mol. The molecule has 2 rings (SSSR count). The Balaban J connectivity index is 2.19. The molecular weight excluding hydrogens is 248 g/mol. The first kappa shape index (κ1) is 15.5. The van der Waals surface area contributed by atoms with E-state index >= 15 is 0 Å². The van der Waals surface area contributed by atoms with Crippen molar-refractivity contribution in [2.24, 2.45) is 11.7 Å². The molecule has 3 heteroatoms. The molecule has 0 aromatic heterocycles. The molecule has 0 spiro atoms.